The van der Waals surface area contributed by atoms with Gasteiger partial charge in [-0.2, -0.15) is 0 Å². The zero-order valence-electron chi connectivity index (χ0n) is 15.8. The minimum absolute atomic E-state index is 0.00305. The number of nitrogens with one attached hydrogen (secondary N) is 3. The highest BCUT2D eigenvalue weighted by atomic mass is 32.1. The van der Waals surface area contributed by atoms with E-state index in [2.05, 4.69) is 15.3 Å². The highest BCUT2D eigenvalue weighted by molar-refractivity contribution is 7.71. The zero-order chi connectivity index (χ0) is 20.2. The van der Waals surface area contributed by atoms with E-state index in [0.717, 1.165) is 5.70 Å². The SMILES string of the molecule is COc1cc([C@H]2C3=C(CC(C)(C)CC3=O)Nc3[nH]c(=S)[nH]c(=O)c32)ccc1O. The van der Waals surface area contributed by atoms with Crippen molar-refractivity contribution in [3.63, 3.8) is 0 Å². The number of rotatable bonds is 2. The van der Waals surface area contributed by atoms with Gasteiger partial charge in [-0.05, 0) is 41.7 Å². The van der Waals surface area contributed by atoms with Crippen LogP contribution >= 0.6 is 12.2 Å². The lowest BCUT2D eigenvalue weighted by atomic mass is 9.69. The predicted octanol–water partition coefficient (Wildman–Crippen LogP) is 3.35. The Balaban J connectivity index is 2.01. The number of benzene rings is 1. The highest BCUT2D eigenvalue weighted by Crippen LogP contribution is 2.48. The van der Waals surface area contributed by atoms with Crippen LogP contribution in [-0.2, 0) is 4.79 Å². The molecule has 0 amide bonds. The van der Waals surface area contributed by atoms with Gasteiger partial charge in [-0.15, -0.1) is 0 Å². The van der Waals surface area contributed by atoms with E-state index < -0.39 is 5.92 Å². The maximum absolute atomic E-state index is 13.1. The minimum Gasteiger partial charge on any atom is -0.504 e. The average Bonchev–Trinajstić information content (AvgIpc) is 2.59. The largest absolute Gasteiger partial charge is 0.504 e. The number of methoxy groups -OCH3 is 1. The Labute approximate surface area is 166 Å². The number of anilines is 1. The molecule has 0 bridgehead atoms. The number of allylic oxidation sites excluding steroid dienone is 2. The highest BCUT2D eigenvalue weighted by Gasteiger charge is 2.42. The number of H-pyrrole nitrogens is 2. The van der Waals surface area contributed by atoms with Crippen molar-refractivity contribution in [2.45, 2.75) is 32.6 Å². The standard InChI is InChI=1S/C20H21N3O4S/c1-20(2)7-10-15(12(25)8-20)14(9-4-5-11(24)13(6-9)27-3)16-17(21-10)22-19(28)23-18(16)26/h4-6,14,24H,7-8H2,1-3H3,(H3,21,22,23,26,28)/t14-/m0/s1. The Bertz CT molecular complexity index is 1140. The number of phenolic OH excluding ortho intramolecular Hbond substituents is 1. The second-order valence-corrected chi connectivity index (χ2v) is 8.43. The fraction of sp³-hybridized carbons (Fsp3) is 0.350. The van der Waals surface area contributed by atoms with E-state index >= 15 is 0 Å². The first kappa shape index (κ1) is 18.5. The molecule has 0 radical (unpaired) electrons. The topological polar surface area (TPSA) is 107 Å². The van der Waals surface area contributed by atoms with E-state index in [-0.39, 0.29) is 33.0 Å². The van der Waals surface area contributed by atoms with Gasteiger partial charge in [-0.1, -0.05) is 19.9 Å². The molecule has 1 atom stereocenters. The van der Waals surface area contributed by atoms with Crippen LogP contribution in [0.15, 0.2) is 34.3 Å². The molecule has 7 nitrogen and oxygen atoms in total. The van der Waals surface area contributed by atoms with Gasteiger partial charge in [0, 0.05) is 23.6 Å². The van der Waals surface area contributed by atoms with Crippen LogP contribution in [0.1, 0.15) is 43.7 Å². The maximum Gasteiger partial charge on any atom is 0.257 e. The molecular formula is C20H21N3O4S. The summed E-state index contributed by atoms with van der Waals surface area (Å²) in [6.45, 7) is 4.09. The molecule has 0 saturated carbocycles. The summed E-state index contributed by atoms with van der Waals surface area (Å²) in [6, 6.07) is 4.87. The lowest BCUT2D eigenvalue weighted by Gasteiger charge is -2.38. The molecule has 0 saturated heterocycles. The summed E-state index contributed by atoms with van der Waals surface area (Å²) in [4.78, 5) is 31.5. The van der Waals surface area contributed by atoms with E-state index in [1.807, 2.05) is 13.8 Å². The normalized spacial score (nSPS) is 20.2. The van der Waals surface area contributed by atoms with Crippen LogP contribution in [0.2, 0.25) is 0 Å². The second-order valence-electron chi connectivity index (χ2n) is 8.02. The number of phenols is 1. The molecule has 1 aliphatic heterocycles. The molecule has 8 heteroatoms. The van der Waals surface area contributed by atoms with Crippen molar-refractivity contribution < 1.29 is 14.6 Å². The van der Waals surface area contributed by atoms with Gasteiger partial charge in [0.1, 0.15) is 5.82 Å². The fourth-order valence-corrected chi connectivity index (χ4v) is 4.35. The number of hydrogen-bond acceptors (Lipinski definition) is 6. The first-order valence-electron chi connectivity index (χ1n) is 8.97. The van der Waals surface area contributed by atoms with Gasteiger partial charge in [0.2, 0.25) is 0 Å². The Hall–Kier alpha value is -2.87. The molecule has 146 valence electrons. The van der Waals surface area contributed by atoms with Crippen LogP contribution in [0.4, 0.5) is 5.82 Å². The molecule has 1 aliphatic carbocycles. The number of aromatic amines is 2. The summed E-state index contributed by atoms with van der Waals surface area (Å²) >= 11 is 5.12. The molecule has 2 heterocycles. The summed E-state index contributed by atoms with van der Waals surface area (Å²) in [7, 11) is 1.46. The first-order valence-corrected chi connectivity index (χ1v) is 9.37. The maximum atomic E-state index is 13.1. The van der Waals surface area contributed by atoms with E-state index in [0.29, 0.717) is 35.4 Å². The Kier molecular flexibility index (Phi) is 4.19. The molecule has 4 rings (SSSR count). The van der Waals surface area contributed by atoms with E-state index in [1.54, 1.807) is 12.1 Å². The van der Waals surface area contributed by atoms with E-state index in [4.69, 9.17) is 17.0 Å². The molecule has 0 spiro atoms. The van der Waals surface area contributed by atoms with Crippen molar-refractivity contribution in [3.05, 3.63) is 55.7 Å². The molecule has 1 aromatic heterocycles. The van der Waals surface area contributed by atoms with Crippen molar-refractivity contribution >= 4 is 23.8 Å². The Morgan fingerprint density at radius 2 is 1.96 bits per heavy atom. The number of aromatic nitrogens is 2. The van der Waals surface area contributed by atoms with Crippen LogP contribution < -0.4 is 15.6 Å². The van der Waals surface area contributed by atoms with Crippen molar-refractivity contribution in [1.29, 1.82) is 0 Å². The van der Waals surface area contributed by atoms with E-state index in [1.165, 1.54) is 13.2 Å². The van der Waals surface area contributed by atoms with Gasteiger partial charge < -0.3 is 20.1 Å². The van der Waals surface area contributed by atoms with Gasteiger partial charge in [-0.3, -0.25) is 14.6 Å². The number of aromatic hydroxyl groups is 1. The molecule has 2 aliphatic rings. The second kappa shape index (κ2) is 6.34. The third-order valence-electron chi connectivity index (χ3n) is 5.29. The molecule has 0 fully saturated rings. The number of ketones is 1. The summed E-state index contributed by atoms with van der Waals surface area (Å²) in [5.41, 5.74) is 1.92. The third kappa shape index (κ3) is 2.93. The Morgan fingerprint density at radius 1 is 1.21 bits per heavy atom. The third-order valence-corrected chi connectivity index (χ3v) is 5.49. The molecule has 4 N–H and O–H groups in total. The summed E-state index contributed by atoms with van der Waals surface area (Å²) in [6.07, 6.45) is 1.07. The van der Waals surface area contributed by atoms with Crippen LogP contribution in [-0.4, -0.2) is 28.0 Å². The lowest BCUT2D eigenvalue weighted by Crippen LogP contribution is -2.36. The van der Waals surface area contributed by atoms with E-state index in [9.17, 15) is 14.7 Å². The minimum atomic E-state index is -0.583. The monoisotopic (exact) mass is 399 g/mol. The van der Waals surface area contributed by atoms with Crippen molar-refractivity contribution in [2.24, 2.45) is 5.41 Å². The number of fused-ring (bicyclic) bond motifs is 1. The fourth-order valence-electron chi connectivity index (χ4n) is 4.15. The number of carbonyl (C=O) groups is 1. The van der Waals surface area contributed by atoms with Gasteiger partial charge in [0.25, 0.3) is 5.56 Å². The smallest absolute Gasteiger partial charge is 0.257 e. The Morgan fingerprint density at radius 3 is 2.68 bits per heavy atom. The number of ether oxygens (including phenoxy) is 1. The van der Waals surface area contributed by atoms with Gasteiger partial charge >= 0.3 is 0 Å². The van der Waals surface area contributed by atoms with Gasteiger partial charge in [0.15, 0.2) is 22.1 Å². The molecule has 2 aromatic rings. The van der Waals surface area contributed by atoms with Crippen LogP contribution in [0.3, 0.4) is 0 Å². The molecule has 0 unspecified atom stereocenters. The number of carbonyl (C=O) groups excluding carboxylic acids is 1. The predicted molar refractivity (Wildman–Crippen MR) is 107 cm³/mol. The van der Waals surface area contributed by atoms with Gasteiger partial charge in [-0.25, -0.2) is 0 Å². The van der Waals surface area contributed by atoms with Crippen molar-refractivity contribution in [3.8, 4) is 11.5 Å². The molecular weight excluding hydrogens is 378 g/mol. The summed E-state index contributed by atoms with van der Waals surface area (Å²) < 4.78 is 5.44. The average molecular weight is 399 g/mol. The van der Waals surface area contributed by atoms with Crippen molar-refractivity contribution in [1.82, 2.24) is 9.97 Å². The number of Topliss-reactive ketones (excluding diaryl/α,β-unsaturated/α-hetero) is 1. The molecule has 1 aromatic carbocycles. The van der Waals surface area contributed by atoms with Crippen LogP contribution in [0.25, 0.3) is 0 Å². The number of hydrogen-bond donors (Lipinski definition) is 4. The lowest BCUT2D eigenvalue weighted by molar-refractivity contribution is -0.118. The van der Waals surface area contributed by atoms with Crippen LogP contribution in [0, 0.1) is 10.2 Å². The summed E-state index contributed by atoms with van der Waals surface area (Å²) in [5.74, 6) is 0.189. The zero-order valence-corrected chi connectivity index (χ0v) is 16.6. The van der Waals surface area contributed by atoms with Gasteiger partial charge in [0.05, 0.1) is 12.7 Å². The summed E-state index contributed by atoms with van der Waals surface area (Å²) in [5, 5.41) is 13.2. The van der Waals surface area contributed by atoms with Crippen molar-refractivity contribution in [2.75, 3.05) is 12.4 Å². The molecule has 28 heavy (non-hydrogen) atoms. The van der Waals surface area contributed by atoms with Crippen LogP contribution in [0.5, 0.6) is 11.5 Å². The first-order chi connectivity index (χ1) is 13.2. The quantitative estimate of drug-likeness (QED) is 0.577.